The molecule has 0 spiro atoms. The molecule has 1 atom stereocenters. The molecule has 102 valence electrons. The van der Waals surface area contributed by atoms with Crippen molar-refractivity contribution in [1.29, 1.82) is 0 Å². The maximum atomic E-state index is 14.0. The van der Waals surface area contributed by atoms with Gasteiger partial charge in [0.25, 0.3) is 0 Å². The van der Waals surface area contributed by atoms with Crippen LogP contribution in [0.25, 0.3) is 0 Å². The van der Waals surface area contributed by atoms with Crippen LogP contribution < -0.4 is 4.90 Å². The maximum Gasteiger partial charge on any atom is 0.240 e. The summed E-state index contributed by atoms with van der Waals surface area (Å²) in [5, 5.41) is -0.253. The van der Waals surface area contributed by atoms with Gasteiger partial charge in [-0.15, -0.1) is 11.8 Å². The second kappa shape index (κ2) is 5.38. The van der Waals surface area contributed by atoms with Gasteiger partial charge in [0, 0.05) is 23.0 Å². The number of amides is 1. The van der Waals surface area contributed by atoms with Crippen molar-refractivity contribution in [3.8, 4) is 0 Å². The monoisotopic (exact) mass is 309 g/mol. The average Bonchev–Trinajstić information content (AvgIpc) is 2.81. The highest BCUT2D eigenvalue weighted by molar-refractivity contribution is 8.00. The fourth-order valence-electron chi connectivity index (χ4n) is 2.02. The lowest BCUT2D eigenvalue weighted by molar-refractivity contribution is -0.115. The molecule has 2 aromatic rings. The van der Waals surface area contributed by atoms with E-state index >= 15 is 0 Å². The predicted molar refractivity (Wildman–Crippen MR) is 76.1 cm³/mol. The molecular weight excluding hydrogens is 301 g/mol. The van der Waals surface area contributed by atoms with Crippen molar-refractivity contribution in [3.05, 3.63) is 53.1 Å². The Kier molecular flexibility index (Phi) is 3.58. The molecule has 20 heavy (non-hydrogen) atoms. The number of halogens is 2. The maximum absolute atomic E-state index is 14.0. The van der Waals surface area contributed by atoms with Crippen LogP contribution in [0.1, 0.15) is 10.9 Å². The lowest BCUT2D eigenvalue weighted by Crippen LogP contribution is -2.30. The third-order valence-corrected chi connectivity index (χ3v) is 4.39. The number of rotatable bonds is 2. The molecule has 1 aliphatic heterocycles. The summed E-state index contributed by atoms with van der Waals surface area (Å²) in [5.41, 5.74) is 0.289. The van der Waals surface area contributed by atoms with Gasteiger partial charge in [0.1, 0.15) is 11.2 Å². The van der Waals surface area contributed by atoms with E-state index in [-0.39, 0.29) is 28.2 Å². The lowest BCUT2D eigenvalue weighted by atomic mass is 10.2. The van der Waals surface area contributed by atoms with Gasteiger partial charge in [-0.1, -0.05) is 17.7 Å². The number of anilines is 1. The molecule has 1 saturated heterocycles. The van der Waals surface area contributed by atoms with Gasteiger partial charge in [-0.2, -0.15) is 0 Å². The second-order valence-corrected chi connectivity index (χ2v) is 5.59. The first-order valence-electron chi connectivity index (χ1n) is 5.83. The normalized spacial score (nSPS) is 18.6. The quantitative estimate of drug-likeness (QED) is 0.855. The molecule has 0 saturated carbocycles. The van der Waals surface area contributed by atoms with Crippen molar-refractivity contribution in [2.75, 3.05) is 10.7 Å². The van der Waals surface area contributed by atoms with Crippen LogP contribution in [0.2, 0.25) is 5.02 Å². The number of carbonyl (C=O) groups is 1. The minimum atomic E-state index is -0.543. The summed E-state index contributed by atoms with van der Waals surface area (Å²) in [6.07, 6.45) is 3.08. The third-order valence-electron chi connectivity index (χ3n) is 2.88. The van der Waals surface area contributed by atoms with Crippen molar-refractivity contribution >= 4 is 35.2 Å². The van der Waals surface area contributed by atoms with Gasteiger partial charge < -0.3 is 0 Å². The Morgan fingerprint density at radius 2 is 2.05 bits per heavy atom. The van der Waals surface area contributed by atoms with E-state index in [1.54, 1.807) is 24.5 Å². The average molecular weight is 310 g/mol. The molecular formula is C13H9ClFN3OS. The molecule has 0 aliphatic carbocycles. The van der Waals surface area contributed by atoms with Gasteiger partial charge in [-0.3, -0.25) is 9.69 Å². The van der Waals surface area contributed by atoms with Crippen LogP contribution in [-0.4, -0.2) is 21.6 Å². The first-order chi connectivity index (χ1) is 9.68. The van der Waals surface area contributed by atoms with Crippen LogP contribution in [0, 0.1) is 5.82 Å². The minimum absolute atomic E-state index is 0.162. The Balaban J connectivity index is 2.07. The summed E-state index contributed by atoms with van der Waals surface area (Å²) < 4.78 is 14.0. The minimum Gasteiger partial charge on any atom is -0.273 e. The van der Waals surface area contributed by atoms with Crippen molar-refractivity contribution in [2.45, 2.75) is 5.37 Å². The number of nitrogens with zero attached hydrogens (tertiary/aromatic N) is 3. The van der Waals surface area contributed by atoms with Gasteiger partial charge in [-0.05, 0) is 18.2 Å². The van der Waals surface area contributed by atoms with E-state index in [0.717, 1.165) is 0 Å². The molecule has 1 aromatic carbocycles. The molecule has 0 N–H and O–H groups in total. The Morgan fingerprint density at radius 3 is 2.75 bits per heavy atom. The highest BCUT2D eigenvalue weighted by Crippen LogP contribution is 2.43. The van der Waals surface area contributed by atoms with E-state index in [4.69, 9.17) is 11.6 Å². The largest absolute Gasteiger partial charge is 0.273 e. The van der Waals surface area contributed by atoms with E-state index < -0.39 is 11.2 Å². The van der Waals surface area contributed by atoms with Crippen molar-refractivity contribution in [3.63, 3.8) is 0 Å². The molecule has 0 radical (unpaired) electrons. The molecule has 3 rings (SSSR count). The topological polar surface area (TPSA) is 46.1 Å². The third kappa shape index (κ3) is 2.25. The summed E-state index contributed by atoms with van der Waals surface area (Å²) in [7, 11) is 0. The number of carbonyl (C=O) groups excluding carboxylic acids is 1. The Morgan fingerprint density at radius 1 is 1.30 bits per heavy atom. The number of benzene rings is 1. The number of thioether (sulfide) groups is 1. The zero-order valence-corrected chi connectivity index (χ0v) is 11.7. The summed E-state index contributed by atoms with van der Waals surface area (Å²) in [6.45, 7) is 0. The molecule has 4 nitrogen and oxygen atoms in total. The molecule has 1 aromatic heterocycles. The van der Waals surface area contributed by atoms with Crippen LogP contribution >= 0.6 is 23.4 Å². The summed E-state index contributed by atoms with van der Waals surface area (Å²) in [6, 6.07) is 6.12. The SMILES string of the molecule is O=C1CSC(c2c(F)cccc2Cl)N1c1ncccn1. The molecule has 2 heterocycles. The number of aromatic nitrogens is 2. The van der Waals surface area contributed by atoms with Crippen LogP contribution in [0.5, 0.6) is 0 Å². The van der Waals surface area contributed by atoms with E-state index in [9.17, 15) is 9.18 Å². The zero-order chi connectivity index (χ0) is 14.1. The molecule has 1 unspecified atom stereocenters. The molecule has 0 bridgehead atoms. The zero-order valence-electron chi connectivity index (χ0n) is 10.2. The highest BCUT2D eigenvalue weighted by atomic mass is 35.5. The first-order valence-corrected chi connectivity index (χ1v) is 7.26. The smallest absolute Gasteiger partial charge is 0.240 e. The Labute approximate surface area is 124 Å². The standard InChI is InChI=1S/C13H9ClFN3OS/c14-8-3-1-4-9(15)11(8)12-18(10(19)7-20-12)13-16-5-2-6-17-13/h1-6,12H,7H2. The van der Waals surface area contributed by atoms with Gasteiger partial charge in [0.2, 0.25) is 11.9 Å². The Hall–Kier alpha value is -1.66. The van der Waals surface area contributed by atoms with Crippen molar-refractivity contribution in [2.24, 2.45) is 0 Å². The highest BCUT2D eigenvalue weighted by Gasteiger charge is 2.38. The second-order valence-electron chi connectivity index (χ2n) is 4.11. The molecule has 7 heteroatoms. The molecule has 1 amide bonds. The van der Waals surface area contributed by atoms with Crippen molar-refractivity contribution in [1.82, 2.24) is 9.97 Å². The van der Waals surface area contributed by atoms with Gasteiger partial charge in [0.15, 0.2) is 0 Å². The number of hydrogen-bond donors (Lipinski definition) is 0. The van der Waals surface area contributed by atoms with E-state index in [2.05, 4.69) is 9.97 Å². The van der Waals surface area contributed by atoms with E-state index in [1.165, 1.54) is 28.8 Å². The predicted octanol–water partition coefficient (Wildman–Crippen LogP) is 3.05. The lowest BCUT2D eigenvalue weighted by Gasteiger charge is -2.23. The molecule has 1 aliphatic rings. The summed E-state index contributed by atoms with van der Waals surface area (Å²) >= 11 is 7.38. The van der Waals surface area contributed by atoms with Crippen LogP contribution in [-0.2, 0) is 4.79 Å². The molecule has 1 fully saturated rings. The van der Waals surface area contributed by atoms with E-state index in [1.807, 2.05) is 0 Å². The van der Waals surface area contributed by atoms with Crippen molar-refractivity contribution < 1.29 is 9.18 Å². The fraction of sp³-hybridized carbons (Fsp3) is 0.154. The Bertz CT molecular complexity index is 635. The van der Waals surface area contributed by atoms with Gasteiger partial charge >= 0.3 is 0 Å². The number of hydrogen-bond acceptors (Lipinski definition) is 4. The van der Waals surface area contributed by atoms with Crippen LogP contribution in [0.3, 0.4) is 0 Å². The first kappa shape index (κ1) is 13.3. The summed E-state index contributed by atoms with van der Waals surface area (Å²) in [5.74, 6) is -0.101. The summed E-state index contributed by atoms with van der Waals surface area (Å²) in [4.78, 5) is 21.5. The fourth-order valence-corrected chi connectivity index (χ4v) is 3.55. The van der Waals surface area contributed by atoms with Crippen LogP contribution in [0.15, 0.2) is 36.7 Å². The van der Waals surface area contributed by atoms with Gasteiger partial charge in [0.05, 0.1) is 5.75 Å². The van der Waals surface area contributed by atoms with Gasteiger partial charge in [-0.25, -0.2) is 14.4 Å². The van der Waals surface area contributed by atoms with E-state index in [0.29, 0.717) is 0 Å². The van der Waals surface area contributed by atoms with Crippen LogP contribution in [0.4, 0.5) is 10.3 Å².